The average molecular weight is 360 g/mol. The van der Waals surface area contributed by atoms with E-state index in [0.29, 0.717) is 0 Å². The van der Waals surface area contributed by atoms with Gasteiger partial charge in [-0.3, -0.25) is 9.59 Å². The molecule has 2 amide bonds. The molecule has 0 fully saturated rings. The van der Waals surface area contributed by atoms with Gasteiger partial charge in [0.2, 0.25) is 5.91 Å². The molecule has 2 aromatic rings. The van der Waals surface area contributed by atoms with Crippen molar-refractivity contribution in [2.24, 2.45) is 5.10 Å². The zero-order chi connectivity index (χ0) is 17.8. The SMILES string of the molecule is O=C(Nc1cccc(Cl)c1F)C1=NN(Cc2ccccc2)C(=O)CC1. The molecule has 0 saturated carbocycles. The smallest absolute Gasteiger partial charge is 0.271 e. The molecule has 0 spiro atoms. The lowest BCUT2D eigenvalue weighted by molar-refractivity contribution is -0.132. The molecule has 1 aliphatic heterocycles. The predicted molar refractivity (Wildman–Crippen MR) is 93.7 cm³/mol. The van der Waals surface area contributed by atoms with Gasteiger partial charge in [-0.1, -0.05) is 48.0 Å². The topological polar surface area (TPSA) is 61.8 Å². The second kappa shape index (κ2) is 7.44. The molecular weight excluding hydrogens is 345 g/mol. The predicted octanol–water partition coefficient (Wildman–Crippen LogP) is 3.60. The summed E-state index contributed by atoms with van der Waals surface area (Å²) in [5.41, 5.74) is 1.06. The van der Waals surface area contributed by atoms with E-state index < -0.39 is 11.7 Å². The van der Waals surface area contributed by atoms with Crippen molar-refractivity contribution in [3.8, 4) is 0 Å². The third-order valence-electron chi connectivity index (χ3n) is 3.74. The fourth-order valence-electron chi connectivity index (χ4n) is 2.44. The van der Waals surface area contributed by atoms with Crippen LogP contribution in [0.15, 0.2) is 53.6 Å². The number of anilines is 1. The Morgan fingerprint density at radius 3 is 2.68 bits per heavy atom. The van der Waals surface area contributed by atoms with E-state index in [1.54, 1.807) is 0 Å². The van der Waals surface area contributed by atoms with Crippen molar-refractivity contribution >= 4 is 34.8 Å². The Bertz CT molecular complexity index is 839. The quantitative estimate of drug-likeness (QED) is 0.906. The highest BCUT2D eigenvalue weighted by atomic mass is 35.5. The van der Waals surface area contributed by atoms with E-state index in [2.05, 4.69) is 10.4 Å². The number of carbonyl (C=O) groups is 2. The molecular formula is C18H15ClFN3O2. The number of nitrogens with zero attached hydrogens (tertiary/aromatic N) is 2. The maximum absolute atomic E-state index is 13.9. The van der Waals surface area contributed by atoms with Crippen molar-refractivity contribution in [1.29, 1.82) is 0 Å². The molecule has 3 rings (SSSR count). The Morgan fingerprint density at radius 1 is 1.16 bits per heavy atom. The second-order valence-electron chi connectivity index (χ2n) is 5.54. The van der Waals surface area contributed by atoms with Crippen LogP contribution in [0.4, 0.5) is 10.1 Å². The summed E-state index contributed by atoms with van der Waals surface area (Å²) in [6, 6.07) is 13.7. The van der Waals surface area contributed by atoms with Gasteiger partial charge in [0.05, 0.1) is 17.3 Å². The van der Waals surface area contributed by atoms with Gasteiger partial charge in [-0.05, 0) is 17.7 Å². The van der Waals surface area contributed by atoms with E-state index in [9.17, 15) is 14.0 Å². The number of rotatable bonds is 4. The third-order valence-corrected chi connectivity index (χ3v) is 4.03. The summed E-state index contributed by atoms with van der Waals surface area (Å²) in [4.78, 5) is 24.4. The zero-order valence-electron chi connectivity index (χ0n) is 13.2. The molecule has 1 aliphatic rings. The van der Waals surface area contributed by atoms with Crippen molar-refractivity contribution in [3.63, 3.8) is 0 Å². The first-order valence-electron chi connectivity index (χ1n) is 7.72. The highest BCUT2D eigenvalue weighted by molar-refractivity contribution is 6.43. The minimum absolute atomic E-state index is 0.0216. The molecule has 1 heterocycles. The van der Waals surface area contributed by atoms with Gasteiger partial charge in [0.1, 0.15) is 5.71 Å². The van der Waals surface area contributed by atoms with Gasteiger partial charge >= 0.3 is 0 Å². The number of hydrazone groups is 1. The van der Waals surface area contributed by atoms with Gasteiger partial charge in [-0.2, -0.15) is 5.10 Å². The van der Waals surface area contributed by atoms with Crippen LogP contribution in [0.5, 0.6) is 0 Å². The monoisotopic (exact) mass is 359 g/mol. The molecule has 1 N–H and O–H groups in total. The third kappa shape index (κ3) is 4.03. The molecule has 2 aromatic carbocycles. The van der Waals surface area contributed by atoms with Crippen molar-refractivity contribution < 1.29 is 14.0 Å². The number of benzene rings is 2. The number of hydrogen-bond acceptors (Lipinski definition) is 3. The van der Waals surface area contributed by atoms with Gasteiger partial charge in [0.25, 0.3) is 5.91 Å². The number of amides is 2. The van der Waals surface area contributed by atoms with Gasteiger partial charge in [-0.25, -0.2) is 9.40 Å². The molecule has 7 heteroatoms. The maximum atomic E-state index is 13.9. The van der Waals surface area contributed by atoms with Crippen LogP contribution in [0.1, 0.15) is 18.4 Å². The van der Waals surface area contributed by atoms with Crippen molar-refractivity contribution in [1.82, 2.24) is 5.01 Å². The fourth-order valence-corrected chi connectivity index (χ4v) is 2.61. The van der Waals surface area contributed by atoms with E-state index in [-0.39, 0.29) is 41.7 Å². The summed E-state index contributed by atoms with van der Waals surface area (Å²) in [6.45, 7) is 0.280. The number of halogens is 2. The van der Waals surface area contributed by atoms with Crippen LogP contribution in [-0.4, -0.2) is 22.5 Å². The molecule has 128 valence electrons. The maximum Gasteiger partial charge on any atom is 0.271 e. The number of nitrogens with one attached hydrogen (secondary N) is 1. The average Bonchev–Trinajstić information content (AvgIpc) is 2.61. The van der Waals surface area contributed by atoms with Crippen molar-refractivity contribution in [3.05, 3.63) is 64.9 Å². The summed E-state index contributed by atoms with van der Waals surface area (Å²) >= 11 is 5.71. The summed E-state index contributed by atoms with van der Waals surface area (Å²) in [5, 5.41) is 7.78. The normalized spacial score (nSPS) is 14.2. The highest BCUT2D eigenvalue weighted by Gasteiger charge is 2.25. The first-order chi connectivity index (χ1) is 12.0. The summed E-state index contributed by atoms with van der Waals surface area (Å²) in [7, 11) is 0. The Labute approximate surface area is 149 Å². The molecule has 0 bridgehead atoms. The Hall–Kier alpha value is -2.73. The van der Waals surface area contributed by atoms with Crippen LogP contribution >= 0.6 is 11.6 Å². The molecule has 0 atom stereocenters. The molecule has 0 radical (unpaired) electrons. The molecule has 0 aromatic heterocycles. The Balaban J connectivity index is 1.76. The van der Waals surface area contributed by atoms with E-state index in [1.165, 1.54) is 23.2 Å². The van der Waals surface area contributed by atoms with Crippen LogP contribution in [0.25, 0.3) is 0 Å². The van der Waals surface area contributed by atoms with E-state index in [4.69, 9.17) is 11.6 Å². The van der Waals surface area contributed by atoms with Gasteiger partial charge in [0, 0.05) is 12.8 Å². The van der Waals surface area contributed by atoms with E-state index >= 15 is 0 Å². The summed E-state index contributed by atoms with van der Waals surface area (Å²) < 4.78 is 13.9. The van der Waals surface area contributed by atoms with Gasteiger partial charge in [-0.15, -0.1) is 0 Å². The fraction of sp³-hybridized carbons (Fsp3) is 0.167. The zero-order valence-corrected chi connectivity index (χ0v) is 14.0. The second-order valence-corrected chi connectivity index (χ2v) is 5.95. The lowest BCUT2D eigenvalue weighted by Gasteiger charge is -2.23. The summed E-state index contributed by atoms with van der Waals surface area (Å²) in [5.74, 6) is -1.41. The Kier molecular flexibility index (Phi) is 5.09. The minimum atomic E-state index is -0.703. The molecule has 25 heavy (non-hydrogen) atoms. The van der Waals surface area contributed by atoms with Crippen molar-refractivity contribution in [2.75, 3.05) is 5.32 Å². The lowest BCUT2D eigenvalue weighted by Crippen LogP contribution is -2.36. The minimum Gasteiger partial charge on any atom is -0.318 e. The van der Waals surface area contributed by atoms with Crippen LogP contribution < -0.4 is 5.32 Å². The largest absolute Gasteiger partial charge is 0.318 e. The van der Waals surface area contributed by atoms with Crippen LogP contribution in [0.3, 0.4) is 0 Å². The first-order valence-corrected chi connectivity index (χ1v) is 8.09. The van der Waals surface area contributed by atoms with E-state index in [0.717, 1.165) is 5.56 Å². The Morgan fingerprint density at radius 2 is 1.92 bits per heavy atom. The number of carbonyl (C=O) groups excluding carboxylic acids is 2. The standard InChI is InChI=1S/C18H15ClFN3O2/c19-13-7-4-8-14(17(13)20)21-18(25)15-9-10-16(24)23(22-15)11-12-5-2-1-3-6-12/h1-8H,9-11H2,(H,21,25). The lowest BCUT2D eigenvalue weighted by atomic mass is 10.1. The summed E-state index contributed by atoms with van der Waals surface area (Å²) in [6.07, 6.45) is 0.384. The van der Waals surface area contributed by atoms with Crippen LogP contribution in [0, 0.1) is 5.82 Å². The molecule has 0 unspecified atom stereocenters. The van der Waals surface area contributed by atoms with E-state index in [1.807, 2.05) is 30.3 Å². The van der Waals surface area contributed by atoms with Crippen LogP contribution in [-0.2, 0) is 16.1 Å². The first kappa shape index (κ1) is 17.1. The van der Waals surface area contributed by atoms with Gasteiger partial charge < -0.3 is 5.32 Å². The number of hydrogen-bond donors (Lipinski definition) is 1. The van der Waals surface area contributed by atoms with Crippen molar-refractivity contribution in [2.45, 2.75) is 19.4 Å². The van der Waals surface area contributed by atoms with Crippen LogP contribution in [0.2, 0.25) is 5.02 Å². The molecule has 5 nitrogen and oxygen atoms in total. The molecule has 0 aliphatic carbocycles. The molecule has 0 saturated heterocycles. The highest BCUT2D eigenvalue weighted by Crippen LogP contribution is 2.22. The van der Waals surface area contributed by atoms with Gasteiger partial charge in [0.15, 0.2) is 5.82 Å².